The molecule has 1 fully saturated rings. The Morgan fingerprint density at radius 2 is 1.80 bits per heavy atom. The summed E-state index contributed by atoms with van der Waals surface area (Å²) in [4.78, 5) is 22.7. The lowest BCUT2D eigenvalue weighted by Gasteiger charge is -2.11. The molecule has 0 saturated carbocycles. The molecule has 0 bridgehead atoms. The summed E-state index contributed by atoms with van der Waals surface area (Å²) in [5, 5.41) is 2.75. The molecule has 0 radical (unpaired) electrons. The largest absolute Gasteiger partial charge is 0.432 e. The number of hydrogen-bond donors (Lipinski definition) is 2. The van der Waals surface area contributed by atoms with Crippen molar-refractivity contribution in [2.24, 2.45) is 5.73 Å². The minimum absolute atomic E-state index is 0.137. The monoisotopic (exact) mass is 428 g/mol. The number of anilines is 1. The minimum atomic E-state index is -3.15. The van der Waals surface area contributed by atoms with Crippen molar-refractivity contribution < 1.29 is 36.6 Å². The number of benzene rings is 2. The molecule has 2 aromatic rings. The molecule has 30 heavy (non-hydrogen) atoms. The predicted molar refractivity (Wildman–Crippen MR) is 100 cm³/mol. The molecule has 3 N–H and O–H groups in total. The maximum Gasteiger partial charge on any atom is 0.387 e. The van der Waals surface area contributed by atoms with Crippen molar-refractivity contribution in [3.63, 3.8) is 0 Å². The highest BCUT2D eigenvalue weighted by molar-refractivity contribution is 5.96. The highest BCUT2D eigenvalue weighted by atomic mass is 19.3. The lowest BCUT2D eigenvalue weighted by Crippen LogP contribution is -2.27. The number of carbonyl (C=O) groups is 2. The summed E-state index contributed by atoms with van der Waals surface area (Å²) < 4.78 is 57.0. The van der Waals surface area contributed by atoms with Gasteiger partial charge in [0.15, 0.2) is 11.6 Å². The molecular formula is C20H20F4N2O4. The van der Waals surface area contributed by atoms with E-state index in [1.807, 2.05) is 6.92 Å². The van der Waals surface area contributed by atoms with Gasteiger partial charge in [-0.05, 0) is 56.2 Å². The predicted octanol–water partition coefficient (Wildman–Crippen LogP) is 3.86. The molecule has 6 nitrogen and oxygen atoms in total. The first-order valence-electron chi connectivity index (χ1n) is 8.92. The number of primary amides is 1. The average Bonchev–Trinajstić information content (AvgIpc) is 3.13. The Labute approximate surface area is 170 Å². The molecule has 0 aromatic heterocycles. The maximum absolute atomic E-state index is 12.5. The van der Waals surface area contributed by atoms with Crippen molar-refractivity contribution in [3.05, 3.63) is 59.7 Å². The van der Waals surface area contributed by atoms with Gasteiger partial charge in [0, 0.05) is 11.3 Å². The molecule has 1 heterocycles. The van der Waals surface area contributed by atoms with Crippen LogP contribution in [-0.2, 0) is 9.53 Å². The molecule has 10 heteroatoms. The third-order valence-electron chi connectivity index (χ3n) is 4.09. The zero-order valence-electron chi connectivity index (χ0n) is 15.9. The smallest absolute Gasteiger partial charge is 0.387 e. The SMILES string of the molecule is CC1CCC(C(=O)Nc2ccc(C(N)=O)cc2)O1.Fc1cccc(OC(F)F)c1F. The quantitative estimate of drug-likeness (QED) is 0.708. The van der Waals surface area contributed by atoms with E-state index in [4.69, 9.17) is 10.5 Å². The Bertz CT molecular complexity index is 878. The van der Waals surface area contributed by atoms with Crippen LogP contribution in [0.1, 0.15) is 30.1 Å². The summed E-state index contributed by atoms with van der Waals surface area (Å²) in [7, 11) is 0. The summed E-state index contributed by atoms with van der Waals surface area (Å²) >= 11 is 0. The Balaban J connectivity index is 0.000000232. The second-order valence-corrected chi connectivity index (χ2v) is 6.37. The molecule has 2 unspecified atom stereocenters. The standard InChI is InChI=1S/C13H16N2O3.C7H4F4O/c1-8-2-7-11(18-8)13(17)15-10-5-3-9(4-6-10)12(14)16;8-4-2-1-3-5(6(4)9)12-7(10)11/h3-6,8,11H,2,7H2,1H3,(H2,14,16)(H,15,17);1-3,7H. The fourth-order valence-corrected chi connectivity index (χ4v) is 2.61. The first kappa shape index (κ1) is 23.1. The Morgan fingerprint density at radius 3 is 2.33 bits per heavy atom. The van der Waals surface area contributed by atoms with Gasteiger partial charge in [0.25, 0.3) is 5.91 Å². The van der Waals surface area contributed by atoms with Crippen molar-refractivity contribution in [3.8, 4) is 5.75 Å². The summed E-state index contributed by atoms with van der Waals surface area (Å²) in [5.41, 5.74) is 6.18. The molecular weight excluding hydrogens is 408 g/mol. The summed E-state index contributed by atoms with van der Waals surface area (Å²) in [6, 6.07) is 9.27. The number of nitrogens with two attached hydrogens (primary N) is 1. The van der Waals surface area contributed by atoms with E-state index < -0.39 is 29.9 Å². The molecule has 2 aromatic carbocycles. The lowest BCUT2D eigenvalue weighted by molar-refractivity contribution is -0.126. The lowest BCUT2D eigenvalue weighted by atomic mass is 10.1. The molecule has 3 rings (SSSR count). The third kappa shape index (κ3) is 6.73. The fraction of sp³-hybridized carbons (Fsp3) is 0.300. The molecule has 1 aliphatic heterocycles. The molecule has 0 spiro atoms. The Kier molecular flexibility index (Phi) is 8.16. The average molecular weight is 428 g/mol. The summed E-state index contributed by atoms with van der Waals surface area (Å²) in [6.07, 6.45) is 1.40. The Morgan fingerprint density at radius 1 is 1.13 bits per heavy atom. The van der Waals surface area contributed by atoms with Gasteiger partial charge in [0.1, 0.15) is 6.10 Å². The molecule has 2 amide bonds. The van der Waals surface area contributed by atoms with E-state index in [-0.39, 0.29) is 18.1 Å². The number of alkyl halides is 2. The molecule has 2 atom stereocenters. The van der Waals surface area contributed by atoms with Gasteiger partial charge < -0.3 is 20.5 Å². The molecule has 162 valence electrons. The van der Waals surface area contributed by atoms with Gasteiger partial charge in [-0.2, -0.15) is 13.2 Å². The fourth-order valence-electron chi connectivity index (χ4n) is 2.61. The number of rotatable bonds is 5. The zero-order chi connectivity index (χ0) is 22.3. The number of halogens is 4. The number of hydrogen-bond acceptors (Lipinski definition) is 4. The number of nitrogens with one attached hydrogen (secondary N) is 1. The van der Waals surface area contributed by atoms with E-state index in [0.717, 1.165) is 31.0 Å². The molecule has 1 aliphatic rings. The van der Waals surface area contributed by atoms with E-state index in [1.165, 1.54) is 0 Å². The van der Waals surface area contributed by atoms with Crippen LogP contribution in [-0.4, -0.2) is 30.6 Å². The van der Waals surface area contributed by atoms with Crippen molar-refractivity contribution in [1.82, 2.24) is 0 Å². The minimum Gasteiger partial charge on any atom is -0.432 e. The van der Waals surface area contributed by atoms with Gasteiger partial charge in [-0.3, -0.25) is 9.59 Å². The van der Waals surface area contributed by atoms with Crippen LogP contribution in [0.3, 0.4) is 0 Å². The van der Waals surface area contributed by atoms with E-state index in [0.29, 0.717) is 11.3 Å². The van der Waals surface area contributed by atoms with Crippen molar-refractivity contribution in [2.45, 2.75) is 38.6 Å². The van der Waals surface area contributed by atoms with Gasteiger partial charge in [0.05, 0.1) is 6.10 Å². The van der Waals surface area contributed by atoms with Gasteiger partial charge >= 0.3 is 6.61 Å². The van der Waals surface area contributed by atoms with E-state index in [9.17, 15) is 27.2 Å². The summed E-state index contributed by atoms with van der Waals surface area (Å²) in [5.74, 6) is -4.04. The summed E-state index contributed by atoms with van der Waals surface area (Å²) in [6.45, 7) is -1.20. The zero-order valence-corrected chi connectivity index (χ0v) is 15.9. The van der Waals surface area contributed by atoms with Crippen LogP contribution >= 0.6 is 0 Å². The molecule has 1 saturated heterocycles. The number of carbonyl (C=O) groups excluding carboxylic acids is 2. The van der Waals surface area contributed by atoms with Crippen LogP contribution in [0.2, 0.25) is 0 Å². The highest BCUT2D eigenvalue weighted by Crippen LogP contribution is 2.21. The Hall–Kier alpha value is -3.14. The first-order chi connectivity index (χ1) is 14.2. The van der Waals surface area contributed by atoms with Gasteiger partial charge in [-0.1, -0.05) is 6.07 Å². The maximum atomic E-state index is 12.5. The second-order valence-electron chi connectivity index (χ2n) is 6.37. The normalized spacial score (nSPS) is 17.8. The van der Waals surface area contributed by atoms with Crippen LogP contribution < -0.4 is 15.8 Å². The topological polar surface area (TPSA) is 90.7 Å². The van der Waals surface area contributed by atoms with Crippen molar-refractivity contribution in [2.75, 3.05) is 5.32 Å². The van der Waals surface area contributed by atoms with Gasteiger partial charge in [-0.25, -0.2) is 4.39 Å². The van der Waals surface area contributed by atoms with E-state index >= 15 is 0 Å². The van der Waals surface area contributed by atoms with E-state index in [2.05, 4.69) is 10.1 Å². The number of amides is 2. The second kappa shape index (κ2) is 10.6. The molecule has 0 aliphatic carbocycles. The van der Waals surface area contributed by atoms with Crippen LogP contribution in [0.4, 0.5) is 23.2 Å². The third-order valence-corrected chi connectivity index (χ3v) is 4.09. The van der Waals surface area contributed by atoms with Crippen LogP contribution in [0.25, 0.3) is 0 Å². The van der Waals surface area contributed by atoms with Crippen molar-refractivity contribution in [1.29, 1.82) is 0 Å². The first-order valence-corrected chi connectivity index (χ1v) is 8.92. The van der Waals surface area contributed by atoms with Crippen LogP contribution in [0.15, 0.2) is 42.5 Å². The van der Waals surface area contributed by atoms with E-state index in [1.54, 1.807) is 24.3 Å². The van der Waals surface area contributed by atoms with Gasteiger partial charge in [0.2, 0.25) is 11.7 Å². The van der Waals surface area contributed by atoms with Crippen molar-refractivity contribution >= 4 is 17.5 Å². The number of ether oxygens (including phenoxy) is 2. The van der Waals surface area contributed by atoms with Gasteiger partial charge in [-0.15, -0.1) is 0 Å². The van der Waals surface area contributed by atoms with Crippen LogP contribution in [0.5, 0.6) is 5.75 Å². The highest BCUT2D eigenvalue weighted by Gasteiger charge is 2.28. The van der Waals surface area contributed by atoms with Crippen LogP contribution in [0, 0.1) is 11.6 Å².